The van der Waals surface area contributed by atoms with Crippen molar-refractivity contribution in [2.45, 2.75) is 38.3 Å². The van der Waals surface area contributed by atoms with Crippen molar-refractivity contribution in [3.05, 3.63) is 81.8 Å². The van der Waals surface area contributed by atoms with Gasteiger partial charge in [0.15, 0.2) is 0 Å². The Morgan fingerprint density at radius 3 is 2.25 bits per heavy atom. The second-order valence-electron chi connectivity index (χ2n) is 8.16. The zero-order valence-corrected chi connectivity index (χ0v) is 21.4. The summed E-state index contributed by atoms with van der Waals surface area (Å²) in [4.78, 5) is 31.6. The van der Waals surface area contributed by atoms with Crippen LogP contribution in [0.5, 0.6) is 0 Å². The van der Waals surface area contributed by atoms with Crippen molar-refractivity contribution in [2.75, 3.05) is 11.8 Å². The summed E-state index contributed by atoms with van der Waals surface area (Å²) < 4.78 is 33.0. The van der Waals surface area contributed by atoms with E-state index in [2.05, 4.69) is 10.3 Å². The fourth-order valence-electron chi connectivity index (χ4n) is 3.58. The molecule has 0 aliphatic heterocycles. The van der Waals surface area contributed by atoms with E-state index < -0.39 is 34.4 Å². The van der Waals surface area contributed by atoms with E-state index in [9.17, 15) is 23.1 Å². The highest BCUT2D eigenvalue weighted by atomic mass is 32.2. The smallest absolute Gasteiger partial charge is 0.407 e. The minimum atomic E-state index is -4.39. The van der Waals surface area contributed by atoms with Gasteiger partial charge < -0.3 is 10.4 Å². The Balaban J connectivity index is 1.85. The maximum absolute atomic E-state index is 13.4. The Kier molecular flexibility index (Phi) is 9.02. The Bertz CT molecular complexity index is 1280. The number of likely N-dealkylation sites (N-methyl/N-ethyl adjacent to an activating group) is 1. The molecule has 0 unspecified atom stereocenters. The molecule has 10 nitrogen and oxygen atoms in total. The number of carbonyl (C=O) groups is 2. The van der Waals surface area contributed by atoms with Crippen LogP contribution in [0, 0.1) is 0 Å². The predicted molar refractivity (Wildman–Crippen MR) is 137 cm³/mol. The molecule has 1 aromatic heterocycles. The zero-order chi connectivity index (χ0) is 26.3. The van der Waals surface area contributed by atoms with Crippen molar-refractivity contribution in [3.8, 4) is 0 Å². The van der Waals surface area contributed by atoms with Crippen LogP contribution in [0.1, 0.15) is 34.0 Å². The molecule has 0 spiro atoms. The molecule has 4 N–H and O–H groups in total. The molecule has 0 radical (unpaired) electrons. The third kappa shape index (κ3) is 7.77. The number of anilines is 1. The van der Waals surface area contributed by atoms with Crippen molar-refractivity contribution < 1.29 is 27.7 Å². The average molecular weight is 533 g/mol. The number of carboxylic acid groups (broad SMARTS) is 1. The van der Waals surface area contributed by atoms with E-state index in [0.29, 0.717) is 11.4 Å². The highest BCUT2D eigenvalue weighted by Gasteiger charge is 2.30. The summed E-state index contributed by atoms with van der Waals surface area (Å²) in [5.41, 5.74) is 1.79. The number of aryl methyl sites for hydroxylation is 1. The largest absolute Gasteiger partial charge is 0.465 e. The molecule has 2 amide bonds. The van der Waals surface area contributed by atoms with Crippen LogP contribution < -0.4 is 10.0 Å². The molecule has 1 heterocycles. The maximum Gasteiger partial charge on any atom is 0.407 e. The normalized spacial score (nSPS) is 13.0. The number of hydrogen-bond donors (Lipinski definition) is 4. The third-order valence-corrected chi connectivity index (χ3v) is 7.27. The van der Waals surface area contributed by atoms with Crippen LogP contribution in [-0.2, 0) is 34.4 Å². The van der Waals surface area contributed by atoms with Crippen LogP contribution in [-0.4, -0.2) is 53.1 Å². The number of carbonyl (C=O) groups excluding carboxylic acids is 1. The number of rotatable bonds is 11. The first-order valence-corrected chi connectivity index (χ1v) is 13.4. The number of hydrogen-bond acceptors (Lipinski definition) is 6. The topological polar surface area (TPSA) is 149 Å². The van der Waals surface area contributed by atoms with E-state index in [-0.39, 0.29) is 12.1 Å². The summed E-state index contributed by atoms with van der Waals surface area (Å²) in [7, 11) is -3.03. The molecule has 0 aliphatic carbocycles. The van der Waals surface area contributed by atoms with Gasteiger partial charge in [0, 0.05) is 24.5 Å². The van der Waals surface area contributed by atoms with Gasteiger partial charge in [-0.15, -0.1) is 11.3 Å². The van der Waals surface area contributed by atoms with Crippen molar-refractivity contribution >= 4 is 39.3 Å². The first-order chi connectivity index (χ1) is 17.1. The van der Waals surface area contributed by atoms with Gasteiger partial charge in [-0.1, -0.05) is 49.4 Å². The summed E-state index contributed by atoms with van der Waals surface area (Å²) in [5.74, 6) is -0.452. The van der Waals surface area contributed by atoms with Crippen LogP contribution in [0.3, 0.4) is 0 Å². The van der Waals surface area contributed by atoms with E-state index in [1.54, 1.807) is 18.3 Å². The Morgan fingerprint density at radius 1 is 1.06 bits per heavy atom. The first-order valence-electron chi connectivity index (χ1n) is 11.1. The van der Waals surface area contributed by atoms with Gasteiger partial charge in [0.2, 0.25) is 5.91 Å². The molecule has 0 fully saturated rings. The molecular weight excluding hydrogens is 504 g/mol. The lowest BCUT2D eigenvalue weighted by atomic mass is 10.0. The van der Waals surface area contributed by atoms with Gasteiger partial charge in [0.05, 0.1) is 11.7 Å². The van der Waals surface area contributed by atoms with Crippen molar-refractivity contribution in [3.63, 3.8) is 0 Å². The van der Waals surface area contributed by atoms with Gasteiger partial charge in [-0.2, -0.15) is 8.42 Å². The van der Waals surface area contributed by atoms with E-state index >= 15 is 0 Å². The lowest BCUT2D eigenvalue weighted by Gasteiger charge is -2.27. The minimum Gasteiger partial charge on any atom is -0.465 e. The Hall–Kier alpha value is -3.48. The summed E-state index contributed by atoms with van der Waals surface area (Å²) in [5, 5.41) is 13.2. The number of thiazole rings is 1. The second kappa shape index (κ2) is 12.0. The van der Waals surface area contributed by atoms with E-state index in [1.807, 2.05) is 42.0 Å². The quantitative estimate of drug-likeness (QED) is 0.276. The van der Waals surface area contributed by atoms with E-state index in [1.165, 1.54) is 30.5 Å². The molecule has 0 bridgehead atoms. The molecule has 0 saturated carbocycles. The van der Waals surface area contributed by atoms with Crippen LogP contribution >= 0.6 is 11.3 Å². The summed E-state index contributed by atoms with van der Waals surface area (Å²) in [6.45, 7) is 2.00. The van der Waals surface area contributed by atoms with Gasteiger partial charge in [0.1, 0.15) is 11.0 Å². The van der Waals surface area contributed by atoms with Crippen LogP contribution in [0.25, 0.3) is 0 Å². The van der Waals surface area contributed by atoms with E-state index in [4.69, 9.17) is 4.55 Å². The van der Waals surface area contributed by atoms with Gasteiger partial charge >= 0.3 is 16.4 Å². The highest BCUT2D eigenvalue weighted by molar-refractivity contribution is 7.87. The van der Waals surface area contributed by atoms with Crippen LogP contribution in [0.2, 0.25) is 0 Å². The lowest BCUT2D eigenvalue weighted by Crippen LogP contribution is -2.49. The van der Waals surface area contributed by atoms with Gasteiger partial charge in [0.25, 0.3) is 0 Å². The Labute approximate surface area is 213 Å². The fraction of sp³-hybridized carbons (Fsp3) is 0.292. The van der Waals surface area contributed by atoms with Crippen molar-refractivity contribution in [1.82, 2.24) is 15.2 Å². The summed E-state index contributed by atoms with van der Waals surface area (Å²) in [6, 6.07) is 14.0. The standard InChI is InChI=1S/C24H28N4O6S2/c1-3-19-15-25-23(35-19)20(13-17-9-11-18(12-10-17)27-36(32,33)34)26-22(29)21(28(2)24(30)31)14-16-7-5-4-6-8-16/h4-12,15,20-21,27H,3,13-14H2,1-2H3,(H,26,29)(H,30,31)(H,32,33,34)/t20-,21-/m0/s1. The van der Waals surface area contributed by atoms with E-state index in [0.717, 1.165) is 27.3 Å². The number of amides is 2. The molecule has 0 saturated heterocycles. The molecule has 12 heteroatoms. The molecule has 2 aromatic carbocycles. The number of aromatic nitrogens is 1. The van der Waals surface area contributed by atoms with Crippen LogP contribution in [0.15, 0.2) is 60.8 Å². The third-order valence-electron chi connectivity index (χ3n) is 5.52. The fourth-order valence-corrected chi connectivity index (χ4v) is 4.93. The summed E-state index contributed by atoms with van der Waals surface area (Å²) in [6.07, 6.45) is 1.86. The lowest BCUT2D eigenvalue weighted by molar-refractivity contribution is -0.126. The molecule has 3 aromatic rings. The molecule has 2 atom stereocenters. The number of nitrogens with one attached hydrogen (secondary N) is 2. The first kappa shape index (κ1) is 27.1. The monoisotopic (exact) mass is 532 g/mol. The maximum atomic E-state index is 13.4. The average Bonchev–Trinajstić information content (AvgIpc) is 3.32. The predicted octanol–water partition coefficient (Wildman–Crippen LogP) is 3.54. The van der Waals surface area contributed by atoms with Gasteiger partial charge in [-0.05, 0) is 36.1 Å². The van der Waals surface area contributed by atoms with Crippen LogP contribution in [0.4, 0.5) is 10.5 Å². The molecular formula is C24H28N4O6S2. The van der Waals surface area contributed by atoms with Gasteiger partial charge in [-0.25, -0.2) is 9.78 Å². The molecule has 192 valence electrons. The highest BCUT2D eigenvalue weighted by Crippen LogP contribution is 2.25. The van der Waals surface area contributed by atoms with Crippen molar-refractivity contribution in [2.24, 2.45) is 0 Å². The molecule has 3 rings (SSSR count). The zero-order valence-electron chi connectivity index (χ0n) is 19.8. The SMILES string of the molecule is CCc1cnc([C@H](Cc2ccc(NS(=O)(=O)O)cc2)NC(=O)[C@H](Cc2ccccc2)N(C)C(=O)O)s1. The molecule has 36 heavy (non-hydrogen) atoms. The second-order valence-corrected chi connectivity index (χ2v) is 10.5. The van der Waals surface area contributed by atoms with Gasteiger partial charge in [-0.3, -0.25) is 19.0 Å². The number of benzene rings is 2. The summed E-state index contributed by atoms with van der Waals surface area (Å²) >= 11 is 1.46. The molecule has 0 aliphatic rings. The Morgan fingerprint density at radius 2 is 1.69 bits per heavy atom. The van der Waals surface area contributed by atoms with Crippen molar-refractivity contribution in [1.29, 1.82) is 0 Å². The minimum absolute atomic E-state index is 0.190. The number of nitrogens with zero attached hydrogens (tertiary/aromatic N) is 2.